The van der Waals surface area contributed by atoms with Crippen molar-refractivity contribution in [1.29, 1.82) is 0 Å². The lowest BCUT2D eigenvalue weighted by Gasteiger charge is -2.21. The van der Waals surface area contributed by atoms with Crippen LogP contribution in [-0.2, 0) is 19.9 Å². The predicted octanol–water partition coefficient (Wildman–Crippen LogP) is 3.66. The molecule has 0 fully saturated rings. The van der Waals surface area contributed by atoms with Gasteiger partial charge in [0, 0.05) is 19.3 Å². The molecule has 0 radical (unpaired) electrons. The quantitative estimate of drug-likeness (QED) is 0.802. The fourth-order valence-electron chi connectivity index (χ4n) is 2.79. The van der Waals surface area contributed by atoms with Gasteiger partial charge in [0.15, 0.2) is 0 Å². The molecule has 0 saturated carbocycles. The van der Waals surface area contributed by atoms with Crippen LogP contribution in [-0.4, -0.2) is 16.3 Å². The molecule has 0 aliphatic heterocycles. The van der Waals surface area contributed by atoms with Crippen molar-refractivity contribution in [3.8, 4) is 0 Å². The van der Waals surface area contributed by atoms with Crippen molar-refractivity contribution < 1.29 is 0 Å². The summed E-state index contributed by atoms with van der Waals surface area (Å²) in [6.07, 6.45) is 8.52. The molecule has 1 unspecified atom stereocenters. The van der Waals surface area contributed by atoms with Crippen LogP contribution in [0.4, 0.5) is 0 Å². The number of aromatic nitrogens is 2. The van der Waals surface area contributed by atoms with Gasteiger partial charge in [-0.25, -0.2) is 0 Å². The van der Waals surface area contributed by atoms with E-state index in [1.807, 2.05) is 17.9 Å². The maximum absolute atomic E-state index is 4.26. The van der Waals surface area contributed by atoms with Crippen molar-refractivity contribution >= 4 is 0 Å². The zero-order chi connectivity index (χ0) is 15.1. The molecule has 114 valence electrons. The van der Waals surface area contributed by atoms with Crippen molar-refractivity contribution in [2.75, 3.05) is 6.54 Å². The third-order valence-corrected chi connectivity index (χ3v) is 3.93. The van der Waals surface area contributed by atoms with E-state index < -0.39 is 0 Å². The molecule has 3 heteroatoms. The highest BCUT2D eigenvalue weighted by molar-refractivity contribution is 5.30. The molecular formula is C18H27N3. The Balaban J connectivity index is 2.09. The van der Waals surface area contributed by atoms with E-state index in [1.54, 1.807) is 0 Å². The average molecular weight is 285 g/mol. The van der Waals surface area contributed by atoms with Gasteiger partial charge in [-0.05, 0) is 48.9 Å². The lowest BCUT2D eigenvalue weighted by Crippen LogP contribution is -2.23. The molecule has 0 aliphatic carbocycles. The third-order valence-electron chi connectivity index (χ3n) is 3.93. The van der Waals surface area contributed by atoms with Crippen LogP contribution in [0.3, 0.4) is 0 Å². The zero-order valence-corrected chi connectivity index (χ0v) is 13.5. The van der Waals surface area contributed by atoms with Crippen LogP contribution in [0.5, 0.6) is 0 Å². The smallest absolute Gasteiger partial charge is 0.0521 e. The van der Waals surface area contributed by atoms with E-state index in [0.717, 1.165) is 32.2 Å². The summed E-state index contributed by atoms with van der Waals surface area (Å²) in [6, 6.07) is 9.25. The molecule has 0 bridgehead atoms. The summed E-state index contributed by atoms with van der Waals surface area (Å²) in [6.45, 7) is 5.52. The van der Waals surface area contributed by atoms with Gasteiger partial charge in [-0.1, -0.05) is 38.1 Å². The molecule has 0 spiro atoms. The third kappa shape index (κ3) is 4.43. The molecule has 1 aromatic carbocycles. The second-order valence-electron chi connectivity index (χ2n) is 5.62. The van der Waals surface area contributed by atoms with Gasteiger partial charge in [-0.2, -0.15) is 5.10 Å². The van der Waals surface area contributed by atoms with Crippen LogP contribution in [0, 0.1) is 0 Å². The summed E-state index contributed by atoms with van der Waals surface area (Å²) >= 11 is 0. The molecule has 1 aromatic heterocycles. The second-order valence-corrected chi connectivity index (χ2v) is 5.62. The molecule has 2 rings (SSSR count). The van der Waals surface area contributed by atoms with Gasteiger partial charge in [-0.3, -0.25) is 4.68 Å². The van der Waals surface area contributed by atoms with E-state index in [0.29, 0.717) is 6.04 Å². The first-order chi connectivity index (χ1) is 10.2. The van der Waals surface area contributed by atoms with E-state index in [9.17, 15) is 0 Å². The lowest BCUT2D eigenvalue weighted by molar-refractivity contribution is 0.496. The van der Waals surface area contributed by atoms with E-state index in [2.05, 4.69) is 54.7 Å². The van der Waals surface area contributed by atoms with Gasteiger partial charge in [0.2, 0.25) is 0 Å². The molecule has 1 N–H and O–H groups in total. The SMILES string of the molecule is CCCNC(CCc1cnn(C)c1)c1ccccc1CC. The first-order valence-electron chi connectivity index (χ1n) is 8.03. The van der Waals surface area contributed by atoms with E-state index in [1.165, 1.54) is 16.7 Å². The Hall–Kier alpha value is -1.61. The molecular weight excluding hydrogens is 258 g/mol. The maximum Gasteiger partial charge on any atom is 0.0521 e. The van der Waals surface area contributed by atoms with Crippen LogP contribution in [0.2, 0.25) is 0 Å². The molecule has 1 atom stereocenters. The second kappa shape index (κ2) is 7.99. The first-order valence-corrected chi connectivity index (χ1v) is 8.03. The van der Waals surface area contributed by atoms with Crippen molar-refractivity contribution in [3.63, 3.8) is 0 Å². The van der Waals surface area contributed by atoms with Gasteiger partial charge in [-0.15, -0.1) is 0 Å². The Morgan fingerprint density at radius 1 is 1.24 bits per heavy atom. The standard InChI is InChI=1S/C18H27N3/c1-4-12-19-18(11-10-15-13-20-21(3)14-15)17-9-7-6-8-16(17)5-2/h6-9,13-14,18-19H,4-5,10-12H2,1-3H3. The summed E-state index contributed by atoms with van der Waals surface area (Å²) in [5, 5.41) is 7.97. The number of hydrogen-bond donors (Lipinski definition) is 1. The predicted molar refractivity (Wildman–Crippen MR) is 88.4 cm³/mol. The van der Waals surface area contributed by atoms with E-state index >= 15 is 0 Å². The Labute approximate surface area is 128 Å². The Morgan fingerprint density at radius 2 is 2.05 bits per heavy atom. The molecule has 2 aromatic rings. The van der Waals surface area contributed by atoms with E-state index in [4.69, 9.17) is 0 Å². The normalized spacial score (nSPS) is 12.5. The monoisotopic (exact) mass is 285 g/mol. The highest BCUT2D eigenvalue weighted by Crippen LogP contribution is 2.23. The van der Waals surface area contributed by atoms with Crippen molar-refractivity contribution in [3.05, 3.63) is 53.3 Å². The molecule has 1 heterocycles. The van der Waals surface area contributed by atoms with Gasteiger partial charge >= 0.3 is 0 Å². The minimum Gasteiger partial charge on any atom is -0.310 e. The summed E-state index contributed by atoms with van der Waals surface area (Å²) in [4.78, 5) is 0. The highest BCUT2D eigenvalue weighted by Gasteiger charge is 2.14. The number of benzene rings is 1. The number of nitrogens with zero attached hydrogens (tertiary/aromatic N) is 2. The minimum atomic E-state index is 0.432. The molecule has 0 amide bonds. The van der Waals surface area contributed by atoms with Gasteiger partial charge in [0.1, 0.15) is 0 Å². The Bertz CT molecular complexity index is 545. The van der Waals surface area contributed by atoms with Gasteiger partial charge < -0.3 is 5.32 Å². The first kappa shape index (κ1) is 15.8. The van der Waals surface area contributed by atoms with E-state index in [-0.39, 0.29) is 0 Å². The summed E-state index contributed by atoms with van der Waals surface area (Å²) < 4.78 is 1.88. The molecule has 3 nitrogen and oxygen atoms in total. The van der Waals surface area contributed by atoms with Crippen LogP contribution >= 0.6 is 0 Å². The van der Waals surface area contributed by atoms with Gasteiger partial charge in [0.25, 0.3) is 0 Å². The zero-order valence-electron chi connectivity index (χ0n) is 13.5. The maximum atomic E-state index is 4.26. The highest BCUT2D eigenvalue weighted by atomic mass is 15.2. The number of rotatable bonds is 8. The topological polar surface area (TPSA) is 29.9 Å². The fourth-order valence-corrected chi connectivity index (χ4v) is 2.79. The fraction of sp³-hybridized carbons (Fsp3) is 0.500. The molecule has 0 aliphatic rings. The van der Waals surface area contributed by atoms with Crippen LogP contribution in [0.25, 0.3) is 0 Å². The van der Waals surface area contributed by atoms with Gasteiger partial charge in [0.05, 0.1) is 6.20 Å². The summed E-state index contributed by atoms with van der Waals surface area (Å²) in [5.74, 6) is 0. The van der Waals surface area contributed by atoms with Crippen LogP contribution in [0.1, 0.15) is 49.4 Å². The summed E-state index contributed by atoms with van der Waals surface area (Å²) in [5.41, 5.74) is 4.23. The number of hydrogen-bond acceptors (Lipinski definition) is 2. The number of aryl methyl sites for hydroxylation is 3. The molecule has 21 heavy (non-hydrogen) atoms. The van der Waals surface area contributed by atoms with Crippen LogP contribution < -0.4 is 5.32 Å². The van der Waals surface area contributed by atoms with Crippen LogP contribution in [0.15, 0.2) is 36.7 Å². The summed E-state index contributed by atoms with van der Waals surface area (Å²) in [7, 11) is 1.97. The van der Waals surface area contributed by atoms with Crippen molar-refractivity contribution in [2.45, 2.75) is 45.6 Å². The van der Waals surface area contributed by atoms with Crippen molar-refractivity contribution in [2.24, 2.45) is 7.05 Å². The Morgan fingerprint density at radius 3 is 2.71 bits per heavy atom. The largest absolute Gasteiger partial charge is 0.310 e. The Kier molecular flexibility index (Phi) is 6.00. The van der Waals surface area contributed by atoms with Crippen molar-refractivity contribution in [1.82, 2.24) is 15.1 Å². The average Bonchev–Trinajstić information content (AvgIpc) is 2.93. The minimum absolute atomic E-state index is 0.432. The molecule has 0 saturated heterocycles. The lowest BCUT2D eigenvalue weighted by atomic mass is 9.94. The number of nitrogens with one attached hydrogen (secondary N) is 1.